The normalized spacial score (nSPS) is 12.2. The molecule has 0 aliphatic rings. The molecule has 5 heteroatoms. The summed E-state index contributed by atoms with van der Waals surface area (Å²) < 4.78 is 4.91. The fourth-order valence-corrected chi connectivity index (χ4v) is 1.52. The van der Waals surface area contributed by atoms with Crippen LogP contribution >= 0.6 is 0 Å². The van der Waals surface area contributed by atoms with Crippen molar-refractivity contribution in [2.24, 2.45) is 0 Å². The Morgan fingerprint density at radius 2 is 2.00 bits per heavy atom. The van der Waals surface area contributed by atoms with E-state index >= 15 is 0 Å². The van der Waals surface area contributed by atoms with Crippen LogP contribution in [0, 0.1) is 11.3 Å². The Hall–Kier alpha value is -2.61. The third-order valence-electron chi connectivity index (χ3n) is 2.81. The molecule has 0 saturated carbocycles. The lowest BCUT2D eigenvalue weighted by atomic mass is 10.1. The maximum absolute atomic E-state index is 11.9. The Balaban J connectivity index is 2.86. The van der Waals surface area contributed by atoms with Gasteiger partial charge in [0, 0.05) is 13.0 Å². The molecule has 1 aromatic rings. The molecule has 0 unspecified atom stereocenters. The van der Waals surface area contributed by atoms with Gasteiger partial charge in [-0.15, -0.1) is 0 Å². The number of carbonyl (C=O) groups is 2. The lowest BCUT2D eigenvalue weighted by Gasteiger charge is -2.10. The minimum Gasteiger partial charge on any atom is -0.427 e. The first-order valence-corrected chi connectivity index (χ1v) is 6.67. The monoisotopic (exact) mass is 286 g/mol. The molecule has 0 bridgehead atoms. The van der Waals surface area contributed by atoms with Gasteiger partial charge in [-0.3, -0.25) is 9.59 Å². The molecular formula is C16H18N2O3. The molecule has 5 nitrogen and oxygen atoms in total. The third kappa shape index (κ3) is 5.49. The molecule has 0 radical (unpaired) electrons. The molecule has 0 saturated heterocycles. The first-order valence-electron chi connectivity index (χ1n) is 6.67. The molecule has 0 aliphatic heterocycles. The van der Waals surface area contributed by atoms with Gasteiger partial charge in [-0.2, -0.15) is 5.26 Å². The zero-order valence-electron chi connectivity index (χ0n) is 12.3. The number of nitrogens with zero attached hydrogens (tertiary/aromatic N) is 1. The molecule has 0 fully saturated rings. The standard InChI is InChI=1S/C16H18N2O3/c1-4-11(2)18-16(20)14(10-17)9-13-5-7-15(8-6-13)21-12(3)19/h5-9,11H,4H2,1-3H3,(H,18,20)/b14-9+/t11-/m0/s1. The zero-order chi connectivity index (χ0) is 15.8. The zero-order valence-corrected chi connectivity index (χ0v) is 12.3. The van der Waals surface area contributed by atoms with Crippen LogP contribution < -0.4 is 10.1 Å². The molecule has 0 aliphatic carbocycles. The van der Waals surface area contributed by atoms with Crippen molar-refractivity contribution >= 4 is 18.0 Å². The fraction of sp³-hybridized carbons (Fsp3) is 0.312. The van der Waals surface area contributed by atoms with Gasteiger partial charge in [0.05, 0.1) is 0 Å². The van der Waals surface area contributed by atoms with Crippen molar-refractivity contribution in [1.29, 1.82) is 5.26 Å². The Labute approximate surface area is 124 Å². The Morgan fingerprint density at radius 1 is 1.38 bits per heavy atom. The van der Waals surface area contributed by atoms with Crippen molar-refractivity contribution in [1.82, 2.24) is 5.32 Å². The number of benzene rings is 1. The molecule has 0 heterocycles. The van der Waals surface area contributed by atoms with Gasteiger partial charge in [-0.05, 0) is 37.1 Å². The predicted molar refractivity (Wildman–Crippen MR) is 79.2 cm³/mol. The fourth-order valence-electron chi connectivity index (χ4n) is 1.52. The van der Waals surface area contributed by atoms with E-state index in [-0.39, 0.29) is 11.6 Å². The van der Waals surface area contributed by atoms with Crippen molar-refractivity contribution in [3.63, 3.8) is 0 Å². The predicted octanol–water partition coefficient (Wildman–Crippen LogP) is 2.43. The van der Waals surface area contributed by atoms with Crippen molar-refractivity contribution in [2.75, 3.05) is 0 Å². The Kier molecular flexibility index (Phi) is 6.15. The number of ether oxygens (including phenoxy) is 1. The minimum absolute atomic E-state index is 0.0144. The van der Waals surface area contributed by atoms with Crippen LogP contribution in [-0.4, -0.2) is 17.9 Å². The van der Waals surface area contributed by atoms with E-state index < -0.39 is 11.9 Å². The van der Waals surface area contributed by atoms with E-state index in [9.17, 15) is 9.59 Å². The van der Waals surface area contributed by atoms with E-state index in [0.29, 0.717) is 11.3 Å². The minimum atomic E-state index is -0.399. The maximum atomic E-state index is 11.9. The summed E-state index contributed by atoms with van der Waals surface area (Å²) in [6, 6.07) is 8.46. The Bertz CT molecular complexity index is 583. The summed E-state index contributed by atoms with van der Waals surface area (Å²) in [5.41, 5.74) is 0.720. The Morgan fingerprint density at radius 3 is 2.48 bits per heavy atom. The lowest BCUT2D eigenvalue weighted by molar-refractivity contribution is -0.131. The second kappa shape index (κ2) is 7.85. The van der Waals surface area contributed by atoms with E-state index in [1.807, 2.05) is 19.9 Å². The molecule has 1 atom stereocenters. The van der Waals surface area contributed by atoms with Crippen molar-refractivity contribution in [3.05, 3.63) is 35.4 Å². The first-order chi connectivity index (χ1) is 9.96. The van der Waals surface area contributed by atoms with Gasteiger partial charge >= 0.3 is 5.97 Å². The molecule has 0 aromatic heterocycles. The molecule has 21 heavy (non-hydrogen) atoms. The summed E-state index contributed by atoms with van der Waals surface area (Å²) >= 11 is 0. The lowest BCUT2D eigenvalue weighted by Crippen LogP contribution is -2.32. The van der Waals surface area contributed by atoms with E-state index in [4.69, 9.17) is 10.00 Å². The molecule has 1 amide bonds. The molecule has 1 N–H and O–H groups in total. The number of nitriles is 1. The summed E-state index contributed by atoms with van der Waals surface area (Å²) in [5.74, 6) is -0.373. The number of esters is 1. The van der Waals surface area contributed by atoms with Gasteiger partial charge < -0.3 is 10.1 Å². The molecule has 0 spiro atoms. The van der Waals surface area contributed by atoms with Gasteiger partial charge in [0.2, 0.25) is 0 Å². The highest BCUT2D eigenvalue weighted by atomic mass is 16.5. The van der Waals surface area contributed by atoms with Gasteiger partial charge in [-0.25, -0.2) is 0 Å². The summed E-state index contributed by atoms with van der Waals surface area (Å²) in [6.45, 7) is 5.15. The number of nitrogens with one attached hydrogen (secondary N) is 1. The first kappa shape index (κ1) is 16.4. The van der Waals surface area contributed by atoms with E-state index in [1.54, 1.807) is 24.3 Å². The van der Waals surface area contributed by atoms with Crippen molar-refractivity contribution in [3.8, 4) is 11.8 Å². The van der Waals surface area contributed by atoms with Crippen LogP contribution in [0.3, 0.4) is 0 Å². The number of hydrogen-bond donors (Lipinski definition) is 1. The summed E-state index contributed by atoms with van der Waals surface area (Å²) in [7, 11) is 0. The summed E-state index contributed by atoms with van der Waals surface area (Å²) in [6.07, 6.45) is 2.29. The van der Waals surface area contributed by atoms with E-state index in [0.717, 1.165) is 6.42 Å². The highest BCUT2D eigenvalue weighted by Crippen LogP contribution is 2.15. The number of hydrogen-bond acceptors (Lipinski definition) is 4. The third-order valence-corrected chi connectivity index (χ3v) is 2.81. The highest BCUT2D eigenvalue weighted by Gasteiger charge is 2.11. The molecule has 110 valence electrons. The van der Waals surface area contributed by atoms with Gasteiger partial charge in [0.1, 0.15) is 17.4 Å². The SMILES string of the molecule is CC[C@H](C)NC(=O)/C(C#N)=C/c1ccc(OC(C)=O)cc1. The molecular weight excluding hydrogens is 268 g/mol. The van der Waals surface area contributed by atoms with Crippen LogP contribution in [0.1, 0.15) is 32.8 Å². The number of carbonyl (C=O) groups excluding carboxylic acids is 2. The maximum Gasteiger partial charge on any atom is 0.308 e. The smallest absolute Gasteiger partial charge is 0.308 e. The second-order valence-corrected chi connectivity index (χ2v) is 4.62. The van der Waals surface area contributed by atoms with Crippen LogP contribution in [0.15, 0.2) is 29.8 Å². The summed E-state index contributed by atoms with van der Waals surface area (Å²) in [5, 5.41) is 11.8. The van der Waals surface area contributed by atoms with E-state index in [1.165, 1.54) is 13.0 Å². The molecule has 1 rings (SSSR count). The van der Waals surface area contributed by atoms with Crippen LogP contribution in [0.2, 0.25) is 0 Å². The van der Waals surface area contributed by atoms with E-state index in [2.05, 4.69) is 5.32 Å². The van der Waals surface area contributed by atoms with Crippen LogP contribution in [0.5, 0.6) is 5.75 Å². The summed E-state index contributed by atoms with van der Waals surface area (Å²) in [4.78, 5) is 22.7. The van der Waals surface area contributed by atoms with Crippen LogP contribution in [0.4, 0.5) is 0 Å². The van der Waals surface area contributed by atoms with Crippen LogP contribution in [-0.2, 0) is 9.59 Å². The highest BCUT2D eigenvalue weighted by molar-refractivity contribution is 6.01. The van der Waals surface area contributed by atoms with Gasteiger partial charge in [0.15, 0.2) is 0 Å². The topological polar surface area (TPSA) is 79.2 Å². The van der Waals surface area contributed by atoms with Crippen LogP contribution in [0.25, 0.3) is 6.08 Å². The van der Waals surface area contributed by atoms with Gasteiger partial charge in [0.25, 0.3) is 5.91 Å². The average Bonchev–Trinajstić information content (AvgIpc) is 2.45. The second-order valence-electron chi connectivity index (χ2n) is 4.62. The number of rotatable bonds is 5. The molecule has 1 aromatic carbocycles. The quantitative estimate of drug-likeness (QED) is 0.390. The van der Waals surface area contributed by atoms with Crippen molar-refractivity contribution < 1.29 is 14.3 Å². The largest absolute Gasteiger partial charge is 0.427 e. The number of amides is 1. The van der Waals surface area contributed by atoms with Crippen molar-refractivity contribution in [2.45, 2.75) is 33.2 Å². The van der Waals surface area contributed by atoms with Gasteiger partial charge in [-0.1, -0.05) is 19.1 Å². The average molecular weight is 286 g/mol.